The van der Waals surface area contributed by atoms with Crippen molar-refractivity contribution in [1.29, 1.82) is 0 Å². The molecule has 0 fully saturated rings. The van der Waals surface area contributed by atoms with Crippen molar-refractivity contribution in [3.63, 3.8) is 0 Å². The molecule has 7 heteroatoms. The highest BCUT2D eigenvalue weighted by molar-refractivity contribution is 7.78. The summed E-state index contributed by atoms with van der Waals surface area (Å²) in [4.78, 5) is 8.86. The minimum Gasteiger partial charge on any atom is -1.00 e. The van der Waals surface area contributed by atoms with E-state index in [1.54, 1.807) is 0 Å². The second-order valence-corrected chi connectivity index (χ2v) is 1.68. The molecule has 0 rings (SSSR count). The Morgan fingerprint density at radius 1 is 1.43 bits per heavy atom. The van der Waals surface area contributed by atoms with E-state index in [4.69, 9.17) is 17.9 Å². The summed E-state index contributed by atoms with van der Waals surface area (Å²) < 4.78 is 26.0. The van der Waals surface area contributed by atoms with Crippen LogP contribution in [0.2, 0.25) is 0 Å². The molecule has 0 radical (unpaired) electrons. The molecule has 0 bridgehead atoms. The van der Waals surface area contributed by atoms with Gasteiger partial charge in [0.2, 0.25) is 0 Å². The Hall–Kier alpha value is -0.200. The normalized spacial score (nSPS) is 9.29. The van der Waals surface area contributed by atoms with E-state index in [0.717, 1.165) is 0 Å². The third-order valence-electron chi connectivity index (χ3n) is 0.105. The summed E-state index contributed by atoms with van der Waals surface area (Å²) in [5.41, 5.74) is 0. The highest BCUT2D eigenvalue weighted by atomic mass is 35.5. The van der Waals surface area contributed by atoms with E-state index >= 15 is 0 Å². The second-order valence-electron chi connectivity index (χ2n) is 0.558. The van der Waals surface area contributed by atoms with Gasteiger partial charge in [-0.1, -0.05) is 0 Å². The van der Waals surface area contributed by atoms with Gasteiger partial charge in [-0.2, -0.15) is 0 Å². The lowest BCUT2D eigenvalue weighted by molar-refractivity contribution is -0.306. The maximum atomic E-state index is 9.13. The summed E-state index contributed by atoms with van der Waals surface area (Å²) in [6.07, 6.45) is 0. The van der Waals surface area contributed by atoms with Crippen LogP contribution >= 0.6 is 0 Å². The topological polar surface area (TPSA) is 85.4 Å². The Balaban J connectivity index is 0. The zero-order valence-electron chi connectivity index (χ0n) is 2.96. The fraction of sp³-hybridized carbons (Fsp3) is 0. The maximum absolute atomic E-state index is 9.13. The SMILES string of the molecule is O=[NH+]S(=O)(=O)O.[Cl-]. The molecule has 2 N–H and O–H groups in total. The van der Waals surface area contributed by atoms with Crippen LogP contribution in [-0.4, -0.2) is 13.0 Å². The fourth-order valence-corrected chi connectivity index (χ4v) is 0. The lowest BCUT2D eigenvalue weighted by Crippen LogP contribution is -3.00. The Bertz CT molecular complexity index is 122. The number of hydrogen-bond donors (Lipinski definition) is 2. The molecule has 0 saturated carbocycles. The number of rotatable bonds is 1. The highest BCUT2D eigenvalue weighted by Gasteiger charge is 2.05. The first-order chi connectivity index (χ1) is 2.56. The quantitative estimate of drug-likeness (QED) is 0.363. The number of hydrogen-bond acceptors (Lipinski definition) is 3. The van der Waals surface area contributed by atoms with Crippen molar-refractivity contribution in [2.24, 2.45) is 0 Å². The van der Waals surface area contributed by atoms with Crippen molar-refractivity contribution >= 4 is 10.3 Å². The lowest BCUT2D eigenvalue weighted by atomic mass is 13.7. The van der Waals surface area contributed by atoms with E-state index in [-0.39, 0.29) is 12.4 Å². The molecular weight excluding hydrogens is 146 g/mol. The van der Waals surface area contributed by atoms with Gasteiger partial charge in [-0.05, 0) is 0 Å². The van der Waals surface area contributed by atoms with Crippen molar-refractivity contribution in [3.05, 3.63) is 4.91 Å². The van der Waals surface area contributed by atoms with Crippen LogP contribution in [0.1, 0.15) is 0 Å². The molecule has 44 valence electrons. The molecule has 0 saturated heterocycles. The largest absolute Gasteiger partial charge is 1.00 e. The van der Waals surface area contributed by atoms with Crippen molar-refractivity contribution < 1.29 is 30.0 Å². The van der Waals surface area contributed by atoms with Crippen LogP contribution in [0.25, 0.3) is 0 Å². The van der Waals surface area contributed by atoms with Gasteiger partial charge in [0.15, 0.2) is 0 Å². The van der Waals surface area contributed by atoms with Gasteiger partial charge in [-0.15, -0.1) is 8.42 Å². The van der Waals surface area contributed by atoms with E-state index < -0.39 is 10.3 Å². The van der Waals surface area contributed by atoms with Gasteiger partial charge in [-0.25, -0.2) is 4.55 Å². The lowest BCUT2D eigenvalue weighted by Gasteiger charge is -1.59. The Morgan fingerprint density at radius 2 is 1.57 bits per heavy atom. The molecule has 0 aromatic carbocycles. The summed E-state index contributed by atoms with van der Waals surface area (Å²) in [6.45, 7) is 0. The molecule has 0 spiro atoms. The highest BCUT2D eigenvalue weighted by Crippen LogP contribution is 1.46. The van der Waals surface area contributed by atoms with Crippen molar-refractivity contribution in [2.45, 2.75) is 0 Å². The van der Waals surface area contributed by atoms with Crippen LogP contribution in [0, 0.1) is 4.91 Å². The van der Waals surface area contributed by atoms with E-state index in [9.17, 15) is 0 Å². The zero-order valence-corrected chi connectivity index (χ0v) is 4.53. The molecule has 0 aliphatic rings. The molecule has 0 aliphatic carbocycles. The van der Waals surface area contributed by atoms with Crippen LogP contribution in [0.3, 0.4) is 0 Å². The Morgan fingerprint density at radius 3 is 1.57 bits per heavy atom. The van der Waals surface area contributed by atoms with Gasteiger partial charge in [0.1, 0.15) is 4.58 Å². The smallest absolute Gasteiger partial charge is 0.549 e. The second kappa shape index (κ2) is 2.89. The van der Waals surface area contributed by atoms with Gasteiger partial charge in [0, 0.05) is 4.91 Å². The molecule has 0 heterocycles. The van der Waals surface area contributed by atoms with Gasteiger partial charge in [0.25, 0.3) is 0 Å². The van der Waals surface area contributed by atoms with Crippen LogP contribution < -0.4 is 17.0 Å². The molecule has 0 aliphatic heterocycles. The summed E-state index contributed by atoms with van der Waals surface area (Å²) >= 11 is 0. The fourth-order valence-electron chi connectivity index (χ4n) is 0. The van der Waals surface area contributed by atoms with Gasteiger partial charge < -0.3 is 12.4 Å². The first-order valence-corrected chi connectivity index (χ1v) is 2.36. The molecule has 7 heavy (non-hydrogen) atoms. The number of nitrogens with one attached hydrogen (secondary N) is 1. The van der Waals surface area contributed by atoms with E-state index in [1.165, 1.54) is 0 Å². The van der Waals surface area contributed by atoms with Crippen molar-refractivity contribution in [3.8, 4) is 0 Å². The number of halogens is 1. The molecule has 0 aromatic heterocycles. The Labute approximate surface area is 46.0 Å². The van der Waals surface area contributed by atoms with Crippen LogP contribution in [0.5, 0.6) is 0 Å². The van der Waals surface area contributed by atoms with Gasteiger partial charge in [-0.3, -0.25) is 0 Å². The van der Waals surface area contributed by atoms with Gasteiger partial charge in [0.05, 0.1) is 0 Å². The summed E-state index contributed by atoms with van der Waals surface area (Å²) in [5.74, 6) is 0. The van der Waals surface area contributed by atoms with E-state index in [0.29, 0.717) is 4.58 Å². The zero-order chi connectivity index (χ0) is 5.21. The van der Waals surface area contributed by atoms with Crippen LogP contribution in [0.15, 0.2) is 0 Å². The average Bonchev–Trinajstić information content (AvgIpc) is 1.35. The van der Waals surface area contributed by atoms with E-state index in [1.807, 2.05) is 0 Å². The first kappa shape index (κ1) is 9.93. The predicted octanol–water partition coefficient (Wildman–Crippen LogP) is -5.36. The molecule has 0 amide bonds. The summed E-state index contributed by atoms with van der Waals surface area (Å²) in [6, 6.07) is 0. The first-order valence-electron chi connectivity index (χ1n) is 0.924. The monoisotopic (exact) mass is 147 g/mol. The van der Waals surface area contributed by atoms with Crippen LogP contribution in [0.4, 0.5) is 0 Å². The Kier molecular flexibility index (Phi) is 4.10. The van der Waals surface area contributed by atoms with Crippen molar-refractivity contribution in [1.82, 2.24) is 0 Å². The predicted molar refractivity (Wildman–Crippen MR) is 15.9 cm³/mol. The molecule has 0 atom stereocenters. The third-order valence-corrected chi connectivity index (χ3v) is 0.316. The standard InChI is InChI=1S/ClH.HNO4S/c;2-1-6(3,4)5/h1H;(H,3,4,5). The van der Waals surface area contributed by atoms with Gasteiger partial charge >= 0.3 is 10.3 Å². The molecular formula is H2ClNO4S. The minimum absolute atomic E-state index is 0. The minimum atomic E-state index is -4.47. The summed E-state index contributed by atoms with van der Waals surface area (Å²) in [7, 11) is -4.47. The number of nitroso groups, excluding NO2 is 1. The molecule has 5 nitrogen and oxygen atoms in total. The maximum Gasteiger partial charge on any atom is 0.549 e. The molecule has 0 unspecified atom stereocenters. The third kappa shape index (κ3) is 10.7. The average molecular weight is 148 g/mol. The van der Waals surface area contributed by atoms with Crippen molar-refractivity contribution in [2.75, 3.05) is 0 Å². The van der Waals surface area contributed by atoms with Crippen LogP contribution in [-0.2, 0) is 10.3 Å². The molecule has 0 aromatic rings. The summed E-state index contributed by atoms with van der Waals surface area (Å²) in [5, 5.41) is 0. The van der Waals surface area contributed by atoms with E-state index in [2.05, 4.69) is 0 Å².